The van der Waals surface area contributed by atoms with E-state index < -0.39 is 11.9 Å². The topological polar surface area (TPSA) is 92.7 Å². The minimum absolute atomic E-state index is 0.283. The average Bonchev–Trinajstić information content (AvgIpc) is 3.05. The third-order valence-electron chi connectivity index (χ3n) is 4.54. The van der Waals surface area contributed by atoms with Crippen molar-refractivity contribution < 1.29 is 14.3 Å². The number of rotatable bonds is 4. The third kappa shape index (κ3) is 3.53. The number of anilines is 1. The zero-order valence-corrected chi connectivity index (χ0v) is 17.8. The number of esters is 1. The van der Waals surface area contributed by atoms with Gasteiger partial charge in [0.15, 0.2) is 3.95 Å². The average molecular weight is 440 g/mol. The highest BCUT2D eigenvalue weighted by Crippen LogP contribution is 2.24. The van der Waals surface area contributed by atoms with Crippen LogP contribution in [0, 0.1) is 10.9 Å². The summed E-state index contributed by atoms with van der Waals surface area (Å²) >= 11 is 6.58. The van der Waals surface area contributed by atoms with Gasteiger partial charge in [0.2, 0.25) is 0 Å². The predicted molar refractivity (Wildman–Crippen MR) is 119 cm³/mol. The van der Waals surface area contributed by atoms with Crippen molar-refractivity contribution in [2.75, 3.05) is 11.9 Å². The van der Waals surface area contributed by atoms with Gasteiger partial charge in [0.25, 0.3) is 11.5 Å². The zero-order valence-electron chi connectivity index (χ0n) is 16.1. The Bertz CT molecular complexity index is 1410. The predicted octanol–water partition coefficient (Wildman–Crippen LogP) is 4.31. The molecular weight excluding hydrogens is 422 g/mol. The summed E-state index contributed by atoms with van der Waals surface area (Å²) in [6.45, 7) is 3.93. The van der Waals surface area contributed by atoms with E-state index in [1.165, 1.54) is 0 Å². The Morgan fingerprint density at radius 3 is 2.63 bits per heavy atom. The van der Waals surface area contributed by atoms with Crippen molar-refractivity contribution in [2.45, 2.75) is 13.8 Å². The van der Waals surface area contributed by atoms with Gasteiger partial charge in [0.05, 0.1) is 23.1 Å². The maximum absolute atomic E-state index is 12.9. The van der Waals surface area contributed by atoms with Crippen molar-refractivity contribution in [2.24, 2.45) is 0 Å². The van der Waals surface area contributed by atoms with Crippen molar-refractivity contribution >= 4 is 57.7 Å². The highest BCUT2D eigenvalue weighted by molar-refractivity contribution is 7.73. The van der Waals surface area contributed by atoms with Crippen LogP contribution in [-0.2, 0) is 4.74 Å². The molecule has 4 rings (SSSR count). The van der Waals surface area contributed by atoms with E-state index in [0.717, 1.165) is 16.9 Å². The van der Waals surface area contributed by atoms with Gasteiger partial charge in [-0.25, -0.2) is 4.79 Å². The van der Waals surface area contributed by atoms with Crippen LogP contribution in [0.25, 0.3) is 16.6 Å². The molecule has 4 aromatic rings. The quantitative estimate of drug-likeness (QED) is 0.365. The number of aromatic nitrogens is 2. The molecular formula is C21H17N3O4S2. The number of ether oxygens (including phenoxy) is 1. The molecule has 7 nitrogen and oxygen atoms in total. The van der Waals surface area contributed by atoms with Crippen molar-refractivity contribution in [3.63, 3.8) is 0 Å². The summed E-state index contributed by atoms with van der Waals surface area (Å²) in [6, 6.07) is 11.9. The fourth-order valence-electron chi connectivity index (χ4n) is 3.15. The molecule has 0 unspecified atom stereocenters. The van der Waals surface area contributed by atoms with Crippen molar-refractivity contribution in [3.8, 4) is 0 Å². The lowest BCUT2D eigenvalue weighted by atomic mass is 10.1. The van der Waals surface area contributed by atoms with Gasteiger partial charge < -0.3 is 15.0 Å². The second-order valence-electron chi connectivity index (χ2n) is 6.61. The Balaban J connectivity index is 1.71. The molecule has 152 valence electrons. The molecule has 2 aromatic heterocycles. The molecule has 0 fully saturated rings. The fourth-order valence-corrected chi connectivity index (χ4v) is 4.43. The first-order chi connectivity index (χ1) is 14.4. The maximum Gasteiger partial charge on any atom is 0.338 e. The number of H-pyrrole nitrogens is 1. The van der Waals surface area contributed by atoms with Crippen LogP contribution in [0.2, 0.25) is 0 Å². The molecule has 2 aromatic carbocycles. The van der Waals surface area contributed by atoms with E-state index in [1.807, 2.05) is 19.1 Å². The molecule has 0 aliphatic carbocycles. The smallest absolute Gasteiger partial charge is 0.338 e. The second kappa shape index (κ2) is 7.85. The highest BCUT2D eigenvalue weighted by atomic mass is 32.1. The summed E-state index contributed by atoms with van der Waals surface area (Å²) in [5.74, 6) is -0.828. The number of hydrogen-bond acceptors (Lipinski definition) is 6. The van der Waals surface area contributed by atoms with Gasteiger partial charge in [-0.1, -0.05) is 23.0 Å². The van der Waals surface area contributed by atoms with Crippen LogP contribution in [0.5, 0.6) is 0 Å². The van der Waals surface area contributed by atoms with E-state index in [0.29, 0.717) is 36.6 Å². The lowest BCUT2D eigenvalue weighted by Crippen LogP contribution is -2.15. The molecule has 0 aliphatic rings. The van der Waals surface area contributed by atoms with Crippen LogP contribution >= 0.6 is 23.6 Å². The Labute approximate surface area is 179 Å². The molecule has 0 bridgehead atoms. The molecule has 2 N–H and O–H groups in total. The van der Waals surface area contributed by atoms with Crippen molar-refractivity contribution in [1.29, 1.82) is 0 Å². The lowest BCUT2D eigenvalue weighted by Gasteiger charge is -2.07. The van der Waals surface area contributed by atoms with Gasteiger partial charge in [-0.2, -0.15) is 0 Å². The summed E-state index contributed by atoms with van der Waals surface area (Å²) in [7, 11) is 0. The van der Waals surface area contributed by atoms with Crippen molar-refractivity contribution in [1.82, 2.24) is 9.38 Å². The van der Waals surface area contributed by atoms with Crippen molar-refractivity contribution in [3.05, 3.63) is 72.8 Å². The minimum Gasteiger partial charge on any atom is -0.462 e. The number of nitrogens with one attached hydrogen (secondary N) is 2. The summed E-state index contributed by atoms with van der Waals surface area (Å²) in [5, 5.41) is 3.29. The monoisotopic (exact) mass is 439 g/mol. The zero-order chi connectivity index (χ0) is 21.4. The number of aromatic amines is 1. The van der Waals surface area contributed by atoms with Crippen LogP contribution in [0.15, 0.2) is 47.3 Å². The first-order valence-corrected chi connectivity index (χ1v) is 10.4. The van der Waals surface area contributed by atoms with E-state index >= 15 is 0 Å². The van der Waals surface area contributed by atoms with Gasteiger partial charge >= 0.3 is 5.97 Å². The minimum atomic E-state index is -0.425. The number of carbonyl (C=O) groups is 2. The molecule has 0 spiro atoms. The van der Waals surface area contributed by atoms with Crippen LogP contribution in [0.1, 0.15) is 32.5 Å². The molecule has 0 saturated carbocycles. The fraction of sp³-hybridized carbons (Fsp3) is 0.143. The summed E-state index contributed by atoms with van der Waals surface area (Å²) in [4.78, 5) is 40.3. The van der Waals surface area contributed by atoms with Gasteiger partial charge in [-0.05, 0) is 62.5 Å². The number of fused-ring (bicyclic) bond motifs is 3. The Morgan fingerprint density at radius 1 is 1.20 bits per heavy atom. The molecule has 2 heterocycles. The largest absolute Gasteiger partial charge is 0.462 e. The van der Waals surface area contributed by atoms with E-state index in [4.69, 9.17) is 17.0 Å². The van der Waals surface area contributed by atoms with Gasteiger partial charge in [0, 0.05) is 5.69 Å². The number of benzene rings is 2. The summed E-state index contributed by atoms with van der Waals surface area (Å²) in [5.41, 5.74) is 2.58. The van der Waals surface area contributed by atoms with E-state index in [2.05, 4.69) is 10.3 Å². The first-order valence-electron chi connectivity index (χ1n) is 9.15. The number of carbonyl (C=O) groups excluding carboxylic acids is 2. The number of nitrogens with zero attached hydrogens (tertiary/aromatic N) is 1. The van der Waals surface area contributed by atoms with Crippen LogP contribution in [-0.4, -0.2) is 27.9 Å². The molecule has 1 amide bonds. The third-order valence-corrected chi connectivity index (χ3v) is 5.91. The molecule has 30 heavy (non-hydrogen) atoms. The standard InChI is InChI=1S/C21H17N3O4S2/c1-3-28-20(27)12-5-7-13(8-6-12)22-19(26)16-17-23-18(25)14-10-11(2)4-9-15(14)24(17)21(29)30-16/h4-10H,3H2,1-2H3,(H,22,26)(H,23,25). The van der Waals surface area contributed by atoms with Gasteiger partial charge in [-0.15, -0.1) is 0 Å². The molecule has 0 aliphatic heterocycles. The summed E-state index contributed by atoms with van der Waals surface area (Å²) < 4.78 is 7.11. The first kappa shape index (κ1) is 20.0. The van der Waals surface area contributed by atoms with Crippen LogP contribution < -0.4 is 10.9 Å². The number of aryl methyl sites for hydroxylation is 1. The van der Waals surface area contributed by atoms with Crippen LogP contribution in [0.3, 0.4) is 0 Å². The van der Waals surface area contributed by atoms with Crippen LogP contribution in [0.4, 0.5) is 5.69 Å². The Hall–Kier alpha value is -3.30. The lowest BCUT2D eigenvalue weighted by molar-refractivity contribution is 0.0526. The maximum atomic E-state index is 12.9. The van der Waals surface area contributed by atoms with E-state index in [1.54, 1.807) is 41.7 Å². The molecule has 9 heteroatoms. The second-order valence-corrected chi connectivity index (χ2v) is 8.25. The Kier molecular flexibility index (Phi) is 5.23. The summed E-state index contributed by atoms with van der Waals surface area (Å²) in [6.07, 6.45) is 0. The van der Waals surface area contributed by atoms with E-state index in [9.17, 15) is 14.4 Å². The van der Waals surface area contributed by atoms with E-state index in [-0.39, 0.29) is 12.2 Å². The molecule has 0 atom stereocenters. The number of thiazole rings is 1. The normalized spacial score (nSPS) is 11.0. The number of amides is 1. The highest BCUT2D eigenvalue weighted by Gasteiger charge is 2.18. The Morgan fingerprint density at radius 2 is 1.93 bits per heavy atom. The molecule has 0 saturated heterocycles. The van der Waals surface area contributed by atoms with Gasteiger partial charge in [0.1, 0.15) is 10.5 Å². The molecule has 0 radical (unpaired) electrons. The SMILES string of the molecule is CCOC(=O)c1ccc(NC(=O)c2sc(=S)n3c2[nH]c(=O)c2cc(C)ccc23)cc1. The van der Waals surface area contributed by atoms with Gasteiger partial charge in [-0.3, -0.25) is 14.0 Å². The number of hydrogen-bond donors (Lipinski definition) is 2.